The summed E-state index contributed by atoms with van der Waals surface area (Å²) in [5.74, 6) is 0.0431. The van der Waals surface area contributed by atoms with Gasteiger partial charge in [0, 0.05) is 28.1 Å². The number of amides is 2. The van der Waals surface area contributed by atoms with Crippen LogP contribution in [0.15, 0.2) is 170 Å². The lowest BCUT2D eigenvalue weighted by Gasteiger charge is -2.48. The monoisotopic (exact) mass is 658 g/mol. The van der Waals surface area contributed by atoms with E-state index in [0.717, 1.165) is 22.3 Å². The van der Waals surface area contributed by atoms with Crippen molar-refractivity contribution in [1.82, 2.24) is 0 Å². The van der Waals surface area contributed by atoms with Crippen molar-refractivity contribution in [2.45, 2.75) is 18.2 Å². The van der Waals surface area contributed by atoms with Gasteiger partial charge in [-0.25, -0.2) is 0 Å². The molecule has 0 radical (unpaired) electrons. The molecule has 5 nitrogen and oxygen atoms in total. The topological polar surface area (TPSA) is 49.9 Å². The highest BCUT2D eigenvalue weighted by atomic mass is 35.5. The highest BCUT2D eigenvalue weighted by molar-refractivity contribution is 6.33. The number of hydrogen-bond donors (Lipinski definition) is 0. The Kier molecular flexibility index (Phi) is 7.83. The fourth-order valence-electron chi connectivity index (χ4n) is 7.06. The van der Waals surface area contributed by atoms with Crippen LogP contribution in [0.2, 0.25) is 5.02 Å². The van der Waals surface area contributed by atoms with Gasteiger partial charge >= 0.3 is 0 Å². The first kappa shape index (κ1) is 30.4. The minimum atomic E-state index is -1.38. The number of halogens is 1. The predicted molar refractivity (Wildman–Crippen MR) is 195 cm³/mol. The minimum absolute atomic E-state index is 0.201. The van der Waals surface area contributed by atoms with Gasteiger partial charge in [-0.05, 0) is 47.5 Å². The summed E-state index contributed by atoms with van der Waals surface area (Å²) in [6, 6.07) is 53.0. The third-order valence-corrected chi connectivity index (χ3v) is 9.47. The zero-order valence-electron chi connectivity index (χ0n) is 26.4. The Morgan fingerprint density at radius 1 is 0.653 bits per heavy atom. The Morgan fingerprint density at radius 3 is 1.88 bits per heavy atom. The number of anilines is 2. The van der Waals surface area contributed by atoms with Gasteiger partial charge < -0.3 is 4.74 Å². The van der Waals surface area contributed by atoms with Crippen molar-refractivity contribution < 1.29 is 14.3 Å². The molecule has 2 aliphatic heterocycles. The van der Waals surface area contributed by atoms with E-state index >= 15 is 4.79 Å². The highest BCUT2D eigenvalue weighted by Gasteiger charge is 2.56. The molecular weight excluding hydrogens is 628 g/mol. The van der Waals surface area contributed by atoms with Gasteiger partial charge in [0.2, 0.25) is 5.72 Å². The Balaban J connectivity index is 1.47. The second-order valence-corrected chi connectivity index (χ2v) is 12.6. The maximum absolute atomic E-state index is 15.5. The summed E-state index contributed by atoms with van der Waals surface area (Å²) >= 11 is 6.65. The van der Waals surface area contributed by atoms with Crippen LogP contribution >= 0.6 is 11.6 Å². The molecule has 6 aromatic carbocycles. The number of hydrogen-bond acceptors (Lipinski definition) is 3. The first-order chi connectivity index (χ1) is 24.0. The Morgan fingerprint density at radius 2 is 1.22 bits per heavy atom. The van der Waals surface area contributed by atoms with Crippen LogP contribution in [-0.4, -0.2) is 11.8 Å². The van der Waals surface area contributed by atoms with Gasteiger partial charge in [-0.15, -0.1) is 0 Å². The first-order valence-corrected chi connectivity index (χ1v) is 16.6. The molecule has 2 amide bonds. The molecule has 0 saturated carbocycles. The van der Waals surface area contributed by atoms with Gasteiger partial charge in [0.25, 0.3) is 11.8 Å². The number of ether oxygens (including phenoxy) is 1. The van der Waals surface area contributed by atoms with Crippen molar-refractivity contribution in [3.8, 4) is 0 Å². The number of para-hydroxylation sites is 2. The van der Waals surface area contributed by atoms with Gasteiger partial charge in [0.1, 0.15) is 5.76 Å². The van der Waals surface area contributed by atoms with Crippen LogP contribution in [0.1, 0.15) is 45.1 Å². The smallest absolute Gasteiger partial charge is 0.266 e. The zero-order valence-corrected chi connectivity index (χ0v) is 27.2. The number of rotatable bonds is 5. The lowest BCUT2D eigenvalue weighted by Crippen LogP contribution is -2.55. The number of nitrogens with zero attached hydrogens (tertiary/aromatic N) is 2. The van der Waals surface area contributed by atoms with Crippen LogP contribution in [0, 0.1) is 0 Å². The largest absolute Gasteiger partial charge is 0.462 e. The van der Waals surface area contributed by atoms with Crippen LogP contribution in [0.5, 0.6) is 0 Å². The summed E-state index contributed by atoms with van der Waals surface area (Å²) in [6.07, 6.45) is 0.203. The number of fused-ring (bicyclic) bond motifs is 3. The SMILES string of the molecule is O=C(c1ccccc1)N1c2ccccc2N2C(=O)C(c3ccccc3)=C(c3ccccc3)O[C@]2(c2ccccc2)C[C@H]1c1cccc(Cl)c1. The van der Waals surface area contributed by atoms with Gasteiger partial charge in [-0.3, -0.25) is 19.4 Å². The summed E-state index contributed by atoms with van der Waals surface area (Å²) in [5, 5.41) is 0.546. The molecule has 238 valence electrons. The second kappa shape index (κ2) is 12.6. The van der Waals surface area contributed by atoms with Crippen LogP contribution in [0.3, 0.4) is 0 Å². The maximum Gasteiger partial charge on any atom is 0.266 e. The number of benzene rings is 6. The van der Waals surface area contributed by atoms with Crippen molar-refractivity contribution in [1.29, 1.82) is 0 Å². The van der Waals surface area contributed by atoms with Crippen LogP contribution in [-0.2, 0) is 15.3 Å². The fraction of sp³-hybridized carbons (Fsp3) is 0.0698. The van der Waals surface area contributed by atoms with E-state index in [-0.39, 0.29) is 18.2 Å². The van der Waals surface area contributed by atoms with E-state index in [1.54, 1.807) is 9.80 Å². The Bertz CT molecular complexity index is 2190. The van der Waals surface area contributed by atoms with E-state index in [4.69, 9.17) is 16.3 Å². The first-order valence-electron chi connectivity index (χ1n) is 16.2. The van der Waals surface area contributed by atoms with Gasteiger partial charge in [0.15, 0.2) is 0 Å². The molecule has 0 saturated heterocycles. The Hall–Kier alpha value is -5.91. The molecule has 2 atom stereocenters. The second-order valence-electron chi connectivity index (χ2n) is 12.1. The standard InChI is InChI=1S/C43H31ClN2O3/c44-35-25-15-22-33(28-35)38-29-43(34-23-11-4-12-24-34)46(37-27-14-13-26-36(37)45(38)41(47)32-20-9-3-10-21-32)42(48)39(30-16-5-1-6-17-30)40(49-43)31-18-7-2-8-19-31/h1-28,38H,29H2/t38-,43-/m0/s1. The number of carbonyl (C=O) groups is 2. The molecule has 0 bridgehead atoms. The molecule has 2 aliphatic rings. The molecule has 6 heteroatoms. The predicted octanol–water partition coefficient (Wildman–Crippen LogP) is 9.92. The molecule has 0 aliphatic carbocycles. The van der Waals surface area contributed by atoms with Gasteiger partial charge in [-0.1, -0.05) is 145 Å². The Labute approximate surface area is 290 Å². The fourth-order valence-corrected chi connectivity index (χ4v) is 7.26. The lowest BCUT2D eigenvalue weighted by atomic mass is 9.86. The summed E-state index contributed by atoms with van der Waals surface area (Å²) < 4.78 is 7.45. The van der Waals surface area contributed by atoms with Crippen molar-refractivity contribution in [2.75, 3.05) is 9.80 Å². The van der Waals surface area contributed by atoms with Crippen LogP contribution in [0.4, 0.5) is 11.4 Å². The van der Waals surface area contributed by atoms with E-state index in [1.165, 1.54) is 0 Å². The quantitative estimate of drug-likeness (QED) is 0.185. The third kappa shape index (κ3) is 5.29. The molecular formula is C43H31ClN2O3. The maximum atomic E-state index is 15.5. The van der Waals surface area contributed by atoms with Crippen LogP contribution < -0.4 is 9.80 Å². The average molecular weight is 659 g/mol. The van der Waals surface area contributed by atoms with E-state index in [0.29, 0.717) is 33.3 Å². The summed E-state index contributed by atoms with van der Waals surface area (Å²) in [7, 11) is 0. The molecule has 49 heavy (non-hydrogen) atoms. The normalized spacial score (nSPS) is 18.6. The van der Waals surface area contributed by atoms with E-state index in [2.05, 4.69) is 0 Å². The molecule has 6 aromatic rings. The molecule has 0 N–H and O–H groups in total. The average Bonchev–Trinajstić information content (AvgIpc) is 3.29. The zero-order chi connectivity index (χ0) is 33.4. The summed E-state index contributed by atoms with van der Waals surface area (Å²) in [4.78, 5) is 33.9. The van der Waals surface area contributed by atoms with Gasteiger partial charge in [-0.2, -0.15) is 0 Å². The van der Waals surface area contributed by atoms with Crippen molar-refractivity contribution in [3.05, 3.63) is 203 Å². The van der Waals surface area contributed by atoms with E-state index in [1.807, 2.05) is 170 Å². The summed E-state index contributed by atoms with van der Waals surface area (Å²) in [6.45, 7) is 0. The van der Waals surface area contributed by atoms with E-state index in [9.17, 15) is 4.79 Å². The minimum Gasteiger partial charge on any atom is -0.462 e. The van der Waals surface area contributed by atoms with E-state index < -0.39 is 11.8 Å². The van der Waals surface area contributed by atoms with Crippen molar-refractivity contribution in [3.63, 3.8) is 0 Å². The van der Waals surface area contributed by atoms with Crippen LogP contribution in [0.25, 0.3) is 11.3 Å². The van der Waals surface area contributed by atoms with Crippen molar-refractivity contribution >= 4 is 46.1 Å². The third-order valence-electron chi connectivity index (χ3n) is 9.24. The lowest BCUT2D eigenvalue weighted by molar-refractivity contribution is -0.120. The molecule has 0 unspecified atom stereocenters. The molecule has 0 aromatic heterocycles. The molecule has 2 heterocycles. The van der Waals surface area contributed by atoms with Crippen molar-refractivity contribution in [2.24, 2.45) is 0 Å². The molecule has 0 fully saturated rings. The molecule has 0 spiro atoms. The number of carbonyl (C=O) groups excluding carboxylic acids is 2. The van der Waals surface area contributed by atoms with Gasteiger partial charge in [0.05, 0.1) is 23.0 Å². The highest BCUT2D eigenvalue weighted by Crippen LogP contribution is 2.56. The summed E-state index contributed by atoms with van der Waals surface area (Å²) in [5.41, 5.74) is 3.85. The molecule has 8 rings (SSSR count).